The molecule has 0 heterocycles. The minimum atomic E-state index is -0.183. The van der Waals surface area contributed by atoms with Crippen molar-refractivity contribution < 1.29 is 4.79 Å². The van der Waals surface area contributed by atoms with Gasteiger partial charge in [0, 0.05) is 23.5 Å². The molecule has 3 heteroatoms. The van der Waals surface area contributed by atoms with Crippen LogP contribution in [0.3, 0.4) is 0 Å². The van der Waals surface area contributed by atoms with Gasteiger partial charge < -0.3 is 4.90 Å². The number of benzene rings is 1. The fourth-order valence-electron chi connectivity index (χ4n) is 1.58. The standard InChI is InChI=1S/C14H20BrNO/c1-5-11-8-6-7-9-12(11)13(17)16(4)14(2,3)10-15/h6-9H,5,10H2,1-4H3. The van der Waals surface area contributed by atoms with Gasteiger partial charge in [-0.05, 0) is 31.9 Å². The molecule has 0 saturated heterocycles. The third kappa shape index (κ3) is 3.09. The van der Waals surface area contributed by atoms with Gasteiger partial charge in [-0.3, -0.25) is 4.79 Å². The monoisotopic (exact) mass is 297 g/mol. The summed E-state index contributed by atoms with van der Waals surface area (Å²) in [5.74, 6) is 0.0897. The maximum Gasteiger partial charge on any atom is 0.254 e. The number of alkyl halides is 1. The number of carbonyl (C=O) groups excluding carboxylic acids is 1. The van der Waals surface area contributed by atoms with Crippen molar-refractivity contribution in [3.8, 4) is 0 Å². The molecular weight excluding hydrogens is 278 g/mol. The van der Waals surface area contributed by atoms with Crippen molar-refractivity contribution in [3.63, 3.8) is 0 Å². The van der Waals surface area contributed by atoms with Gasteiger partial charge in [0.25, 0.3) is 5.91 Å². The molecule has 2 nitrogen and oxygen atoms in total. The lowest BCUT2D eigenvalue weighted by Crippen LogP contribution is -2.46. The highest BCUT2D eigenvalue weighted by molar-refractivity contribution is 9.09. The molecule has 0 aliphatic heterocycles. The predicted octanol–water partition coefficient (Wildman–Crippen LogP) is 3.49. The Hall–Kier alpha value is -0.830. The minimum Gasteiger partial charge on any atom is -0.336 e. The number of hydrogen-bond acceptors (Lipinski definition) is 1. The molecule has 0 radical (unpaired) electrons. The molecule has 0 aromatic heterocycles. The molecule has 1 aromatic carbocycles. The molecule has 0 saturated carbocycles. The van der Waals surface area contributed by atoms with Gasteiger partial charge in [-0.1, -0.05) is 41.1 Å². The molecule has 0 atom stereocenters. The third-order valence-corrected chi connectivity index (χ3v) is 4.54. The summed E-state index contributed by atoms with van der Waals surface area (Å²) >= 11 is 3.45. The molecule has 0 unspecified atom stereocenters. The van der Waals surface area contributed by atoms with Crippen LogP contribution in [0.5, 0.6) is 0 Å². The lowest BCUT2D eigenvalue weighted by Gasteiger charge is -2.34. The van der Waals surface area contributed by atoms with Crippen molar-refractivity contribution in [3.05, 3.63) is 35.4 Å². The van der Waals surface area contributed by atoms with E-state index in [1.807, 2.05) is 45.2 Å². The lowest BCUT2D eigenvalue weighted by molar-refractivity contribution is 0.0662. The van der Waals surface area contributed by atoms with Crippen molar-refractivity contribution in [2.45, 2.75) is 32.7 Å². The van der Waals surface area contributed by atoms with Gasteiger partial charge in [0.2, 0.25) is 0 Å². The Morgan fingerprint density at radius 3 is 2.47 bits per heavy atom. The summed E-state index contributed by atoms with van der Waals surface area (Å²) in [6, 6.07) is 7.82. The SMILES string of the molecule is CCc1ccccc1C(=O)N(C)C(C)(C)CBr. The lowest BCUT2D eigenvalue weighted by atomic mass is 10.0. The van der Waals surface area contributed by atoms with Gasteiger partial charge >= 0.3 is 0 Å². The summed E-state index contributed by atoms with van der Waals surface area (Å²) in [5, 5.41) is 0.760. The molecule has 1 aromatic rings. The van der Waals surface area contributed by atoms with Crippen molar-refractivity contribution in [2.75, 3.05) is 12.4 Å². The molecule has 0 fully saturated rings. The summed E-state index contributed by atoms with van der Waals surface area (Å²) in [4.78, 5) is 14.2. The van der Waals surface area contributed by atoms with Crippen LogP contribution in [0.15, 0.2) is 24.3 Å². The third-order valence-electron chi connectivity index (χ3n) is 3.17. The van der Waals surface area contributed by atoms with E-state index in [0.717, 1.165) is 22.9 Å². The van der Waals surface area contributed by atoms with E-state index in [1.165, 1.54) is 0 Å². The number of halogens is 1. The molecule has 1 amide bonds. The predicted molar refractivity (Wildman–Crippen MR) is 75.8 cm³/mol. The second-order valence-corrected chi connectivity index (χ2v) is 5.38. The summed E-state index contributed by atoms with van der Waals surface area (Å²) in [6.07, 6.45) is 0.879. The minimum absolute atomic E-state index is 0.0897. The first-order chi connectivity index (χ1) is 7.94. The number of rotatable bonds is 4. The average molecular weight is 298 g/mol. The Kier molecular flexibility index (Phi) is 4.75. The Bertz CT molecular complexity index is 401. The van der Waals surface area contributed by atoms with Crippen molar-refractivity contribution in [1.29, 1.82) is 0 Å². The fourth-order valence-corrected chi connectivity index (χ4v) is 1.96. The first kappa shape index (κ1) is 14.2. The zero-order chi connectivity index (χ0) is 13.1. The summed E-state index contributed by atoms with van der Waals surface area (Å²) in [5.41, 5.74) is 1.74. The Labute approximate surface area is 112 Å². The smallest absolute Gasteiger partial charge is 0.254 e. The Morgan fingerprint density at radius 2 is 1.94 bits per heavy atom. The van der Waals surface area contributed by atoms with Crippen LogP contribution in [0.1, 0.15) is 36.7 Å². The van der Waals surface area contributed by atoms with Crippen LogP contribution in [0.2, 0.25) is 0 Å². The van der Waals surface area contributed by atoms with E-state index < -0.39 is 0 Å². The second kappa shape index (κ2) is 5.67. The van der Waals surface area contributed by atoms with Crippen LogP contribution < -0.4 is 0 Å². The number of nitrogens with zero attached hydrogens (tertiary/aromatic N) is 1. The summed E-state index contributed by atoms with van der Waals surface area (Å²) < 4.78 is 0. The number of amides is 1. The van der Waals surface area contributed by atoms with Crippen molar-refractivity contribution >= 4 is 21.8 Å². The quantitative estimate of drug-likeness (QED) is 0.779. The molecule has 1 rings (SSSR count). The van der Waals surface area contributed by atoms with Gasteiger partial charge in [0.15, 0.2) is 0 Å². The maximum atomic E-state index is 12.4. The zero-order valence-electron chi connectivity index (χ0n) is 11.0. The van der Waals surface area contributed by atoms with E-state index in [9.17, 15) is 4.79 Å². The Balaban J connectivity index is 3.04. The maximum absolute atomic E-state index is 12.4. The van der Waals surface area contributed by atoms with Crippen LogP contribution in [0.4, 0.5) is 0 Å². The first-order valence-corrected chi connectivity index (χ1v) is 6.98. The molecule has 0 spiro atoms. The molecule has 0 aliphatic rings. The van der Waals surface area contributed by atoms with E-state index in [0.29, 0.717) is 0 Å². The number of carbonyl (C=O) groups is 1. The van der Waals surface area contributed by atoms with Gasteiger partial charge in [-0.15, -0.1) is 0 Å². The van der Waals surface area contributed by atoms with Crippen LogP contribution in [-0.4, -0.2) is 28.7 Å². The average Bonchev–Trinajstić information content (AvgIpc) is 2.36. The highest BCUT2D eigenvalue weighted by Gasteiger charge is 2.27. The molecule has 17 heavy (non-hydrogen) atoms. The number of aryl methyl sites for hydroxylation is 1. The van der Waals surface area contributed by atoms with Crippen LogP contribution in [0.25, 0.3) is 0 Å². The van der Waals surface area contributed by atoms with E-state index in [2.05, 4.69) is 22.9 Å². The van der Waals surface area contributed by atoms with E-state index >= 15 is 0 Å². The molecule has 0 bridgehead atoms. The topological polar surface area (TPSA) is 20.3 Å². The normalized spacial score (nSPS) is 11.4. The highest BCUT2D eigenvalue weighted by Crippen LogP contribution is 2.20. The first-order valence-electron chi connectivity index (χ1n) is 5.86. The largest absolute Gasteiger partial charge is 0.336 e. The van der Waals surface area contributed by atoms with Crippen LogP contribution >= 0.6 is 15.9 Å². The van der Waals surface area contributed by atoms with Crippen LogP contribution in [0, 0.1) is 0 Å². The molecule has 0 aliphatic carbocycles. The van der Waals surface area contributed by atoms with E-state index in [4.69, 9.17) is 0 Å². The molecule has 94 valence electrons. The second-order valence-electron chi connectivity index (χ2n) is 4.82. The van der Waals surface area contributed by atoms with Gasteiger partial charge in [0.05, 0.1) is 0 Å². The summed E-state index contributed by atoms with van der Waals surface area (Å²) in [6.45, 7) is 6.17. The van der Waals surface area contributed by atoms with Crippen molar-refractivity contribution in [2.24, 2.45) is 0 Å². The van der Waals surface area contributed by atoms with Gasteiger partial charge in [-0.25, -0.2) is 0 Å². The van der Waals surface area contributed by atoms with Crippen LogP contribution in [-0.2, 0) is 6.42 Å². The fraction of sp³-hybridized carbons (Fsp3) is 0.500. The molecule has 0 N–H and O–H groups in total. The Morgan fingerprint density at radius 1 is 1.35 bits per heavy atom. The van der Waals surface area contributed by atoms with E-state index in [-0.39, 0.29) is 11.4 Å². The van der Waals surface area contributed by atoms with E-state index in [1.54, 1.807) is 4.90 Å². The molecular formula is C14H20BrNO. The summed E-state index contributed by atoms with van der Waals surface area (Å²) in [7, 11) is 1.86. The zero-order valence-corrected chi connectivity index (χ0v) is 12.5. The highest BCUT2D eigenvalue weighted by atomic mass is 79.9. The number of hydrogen-bond donors (Lipinski definition) is 0. The van der Waals surface area contributed by atoms with Crippen molar-refractivity contribution in [1.82, 2.24) is 4.90 Å². The van der Waals surface area contributed by atoms with Gasteiger partial charge in [-0.2, -0.15) is 0 Å². The van der Waals surface area contributed by atoms with Gasteiger partial charge in [0.1, 0.15) is 0 Å².